The van der Waals surface area contributed by atoms with E-state index in [0.29, 0.717) is 13.0 Å². The highest BCUT2D eigenvalue weighted by atomic mass is 35.5. The van der Waals surface area contributed by atoms with Gasteiger partial charge < -0.3 is 10.2 Å². The number of piperidine rings is 1. The van der Waals surface area contributed by atoms with Crippen LogP contribution in [0.1, 0.15) is 35.2 Å². The molecule has 0 spiro atoms. The Morgan fingerprint density at radius 2 is 1.78 bits per heavy atom. The summed E-state index contributed by atoms with van der Waals surface area (Å²) in [6.45, 7) is 3.99. The number of benzene rings is 2. The number of carbonyl (C=O) groups excluding carboxylic acids is 1. The second-order valence-corrected chi connectivity index (χ2v) is 7.75. The van der Waals surface area contributed by atoms with E-state index in [1.807, 2.05) is 36.4 Å². The second kappa shape index (κ2) is 10.1. The van der Waals surface area contributed by atoms with E-state index in [2.05, 4.69) is 11.0 Å². The van der Waals surface area contributed by atoms with E-state index in [0.717, 1.165) is 33.2 Å². The molecule has 6 heteroatoms. The Morgan fingerprint density at radius 1 is 1.00 bits per heavy atom. The number of ketones is 1. The highest BCUT2D eigenvalue weighted by molar-refractivity contribution is 7.99. The summed E-state index contributed by atoms with van der Waals surface area (Å²) in [6.07, 6.45) is 4.40. The molecule has 0 aliphatic carbocycles. The lowest BCUT2D eigenvalue weighted by atomic mass is 10.0. The molecule has 0 radical (unpaired) electrons. The lowest BCUT2D eigenvalue weighted by molar-refractivity contribution is 0.0989. The number of hydrogen-bond donors (Lipinski definition) is 0. The minimum absolute atomic E-state index is 0. The Hall–Kier alpha value is -1.53. The maximum absolute atomic E-state index is 12.7. The molecule has 1 fully saturated rings. The van der Waals surface area contributed by atoms with Gasteiger partial charge >= 0.3 is 0 Å². The van der Waals surface area contributed by atoms with E-state index in [9.17, 15) is 4.79 Å². The summed E-state index contributed by atoms with van der Waals surface area (Å²) in [5.74, 6) is 1.01. The van der Waals surface area contributed by atoms with Gasteiger partial charge in [0.15, 0.2) is 5.78 Å². The number of rotatable bonds is 4. The fraction of sp³-hybridized carbons (Fsp3) is 0.381. The Kier molecular flexibility index (Phi) is 8.17. The molecule has 2 aliphatic rings. The Balaban J connectivity index is 0.00000131. The lowest BCUT2D eigenvalue weighted by Gasteiger charge is -2.26. The highest BCUT2D eigenvalue weighted by Gasteiger charge is 2.23. The molecule has 0 bridgehead atoms. The highest BCUT2D eigenvalue weighted by Crippen LogP contribution is 2.42. The molecule has 0 aromatic heterocycles. The molecule has 2 aliphatic heterocycles. The van der Waals surface area contributed by atoms with Crippen LogP contribution in [0.2, 0.25) is 0 Å². The monoisotopic (exact) mass is 407 g/mol. The van der Waals surface area contributed by atoms with Gasteiger partial charge in [-0.15, -0.1) is 12.4 Å². The molecule has 4 rings (SSSR count). The van der Waals surface area contributed by atoms with Crippen molar-refractivity contribution in [2.45, 2.75) is 35.5 Å². The van der Waals surface area contributed by atoms with Crippen molar-refractivity contribution in [3.05, 3.63) is 53.6 Å². The zero-order valence-corrected chi connectivity index (χ0v) is 16.9. The first-order valence-corrected chi connectivity index (χ1v) is 9.90. The number of nitrogens with zero attached hydrogens (tertiary/aromatic N) is 1. The van der Waals surface area contributed by atoms with Crippen LogP contribution in [0.15, 0.2) is 52.3 Å². The van der Waals surface area contributed by atoms with Gasteiger partial charge in [-0.1, -0.05) is 42.4 Å². The van der Waals surface area contributed by atoms with Gasteiger partial charge in [-0.05, 0) is 49.7 Å². The molecule has 0 amide bonds. The van der Waals surface area contributed by atoms with Gasteiger partial charge in [0.2, 0.25) is 0 Å². The van der Waals surface area contributed by atoms with Crippen LogP contribution < -0.4 is 4.74 Å². The van der Waals surface area contributed by atoms with E-state index in [1.165, 1.54) is 32.4 Å². The van der Waals surface area contributed by atoms with Crippen LogP contribution in [0.4, 0.5) is 0 Å². The summed E-state index contributed by atoms with van der Waals surface area (Å²) in [4.78, 5) is 17.3. The van der Waals surface area contributed by atoms with E-state index in [4.69, 9.17) is 4.74 Å². The third-order valence-electron chi connectivity index (χ3n) is 4.93. The average molecular weight is 408 g/mol. The molecular formula is C21H26ClNO3S. The van der Waals surface area contributed by atoms with E-state index >= 15 is 0 Å². The van der Waals surface area contributed by atoms with Crippen molar-refractivity contribution in [3.63, 3.8) is 0 Å². The molecule has 0 atom stereocenters. The summed E-state index contributed by atoms with van der Waals surface area (Å²) in [5.41, 5.74) is 1.89. The fourth-order valence-corrected chi connectivity index (χ4v) is 4.71. The Morgan fingerprint density at radius 3 is 2.59 bits per heavy atom. The molecule has 2 aromatic rings. The van der Waals surface area contributed by atoms with Crippen molar-refractivity contribution in [1.82, 2.24) is 4.90 Å². The Bertz CT molecular complexity index is 778. The van der Waals surface area contributed by atoms with Gasteiger partial charge in [-0.25, -0.2) is 0 Å². The van der Waals surface area contributed by atoms with Crippen molar-refractivity contribution in [3.8, 4) is 5.75 Å². The van der Waals surface area contributed by atoms with Gasteiger partial charge in [-0.3, -0.25) is 9.69 Å². The van der Waals surface area contributed by atoms with Gasteiger partial charge in [0.25, 0.3) is 0 Å². The Labute approximate surface area is 171 Å². The molecule has 2 N–H and O–H groups in total. The summed E-state index contributed by atoms with van der Waals surface area (Å²) in [6, 6.07) is 14.0. The number of halogens is 1. The lowest BCUT2D eigenvalue weighted by Crippen LogP contribution is -2.33. The summed E-state index contributed by atoms with van der Waals surface area (Å²) in [5, 5.41) is 0. The topological polar surface area (TPSA) is 61.0 Å². The predicted molar refractivity (Wildman–Crippen MR) is 112 cm³/mol. The van der Waals surface area contributed by atoms with Crippen molar-refractivity contribution >= 4 is 30.0 Å². The number of carbonyl (C=O) groups is 1. The zero-order chi connectivity index (χ0) is 17.1. The molecule has 2 aromatic carbocycles. The van der Waals surface area contributed by atoms with Crippen molar-refractivity contribution in [2.75, 3.05) is 26.2 Å². The van der Waals surface area contributed by atoms with Crippen LogP contribution in [0, 0.1) is 0 Å². The minimum Gasteiger partial charge on any atom is -0.491 e. The largest absolute Gasteiger partial charge is 0.491 e. The molecule has 0 unspecified atom stereocenters. The summed E-state index contributed by atoms with van der Waals surface area (Å²) >= 11 is 1.66. The van der Waals surface area contributed by atoms with Crippen LogP contribution in [0.3, 0.4) is 0 Å². The van der Waals surface area contributed by atoms with E-state index < -0.39 is 0 Å². The van der Waals surface area contributed by atoms with E-state index in [-0.39, 0.29) is 23.7 Å². The van der Waals surface area contributed by atoms with Crippen LogP contribution in [0.25, 0.3) is 0 Å². The number of fused-ring (bicyclic) bond motifs is 2. The van der Waals surface area contributed by atoms with Crippen LogP contribution in [-0.2, 0) is 6.42 Å². The van der Waals surface area contributed by atoms with Gasteiger partial charge in [0, 0.05) is 23.4 Å². The van der Waals surface area contributed by atoms with Crippen LogP contribution in [-0.4, -0.2) is 42.4 Å². The molecular weight excluding hydrogens is 382 g/mol. The molecule has 0 saturated carbocycles. The number of likely N-dealkylation sites (tertiary alicyclic amines) is 1. The minimum atomic E-state index is 0. The fourth-order valence-electron chi connectivity index (χ4n) is 3.55. The second-order valence-electron chi connectivity index (χ2n) is 6.69. The normalized spacial score (nSPS) is 16.2. The molecule has 1 saturated heterocycles. The average Bonchev–Trinajstić information content (AvgIpc) is 2.79. The summed E-state index contributed by atoms with van der Waals surface area (Å²) < 4.78 is 6.11. The first kappa shape index (κ1) is 21.8. The molecule has 146 valence electrons. The van der Waals surface area contributed by atoms with Crippen molar-refractivity contribution < 1.29 is 15.0 Å². The summed E-state index contributed by atoms with van der Waals surface area (Å²) in [7, 11) is 0. The van der Waals surface area contributed by atoms with Crippen LogP contribution >= 0.6 is 24.2 Å². The van der Waals surface area contributed by atoms with Gasteiger partial charge in [0.1, 0.15) is 12.4 Å². The van der Waals surface area contributed by atoms with E-state index in [1.54, 1.807) is 11.8 Å². The standard InChI is InChI=1S/C21H23NO2S.ClH.H2O/c23-18-15-16-7-2-3-10-20(16)25-21-17(18)8-6-9-19(21)24-14-13-22-11-4-1-5-12-22;;/h2-3,6-10H,1,4-5,11-15H2;1H;1H2. The van der Waals surface area contributed by atoms with Gasteiger partial charge in [-0.2, -0.15) is 0 Å². The number of ether oxygens (including phenoxy) is 1. The maximum Gasteiger partial charge on any atom is 0.168 e. The SMILES string of the molecule is Cl.O.O=C1Cc2ccccc2Sc2c(OCCN3CCCCC3)cccc21. The predicted octanol–water partition coefficient (Wildman–Crippen LogP) is 4.04. The smallest absolute Gasteiger partial charge is 0.168 e. The van der Waals surface area contributed by atoms with Crippen LogP contribution in [0.5, 0.6) is 5.75 Å². The third kappa shape index (κ3) is 5.05. The first-order valence-electron chi connectivity index (χ1n) is 9.08. The number of Topliss-reactive ketones (excluding diaryl/α,β-unsaturated/α-hetero) is 1. The first-order chi connectivity index (χ1) is 12.3. The zero-order valence-electron chi connectivity index (χ0n) is 15.3. The number of hydrogen-bond acceptors (Lipinski definition) is 4. The molecule has 27 heavy (non-hydrogen) atoms. The van der Waals surface area contributed by atoms with Crippen molar-refractivity contribution in [2.24, 2.45) is 0 Å². The van der Waals surface area contributed by atoms with Gasteiger partial charge in [0.05, 0.1) is 4.90 Å². The molecule has 4 nitrogen and oxygen atoms in total. The molecule has 2 heterocycles. The third-order valence-corrected chi connectivity index (χ3v) is 6.17. The maximum atomic E-state index is 12.7. The quantitative estimate of drug-likeness (QED) is 0.767. The van der Waals surface area contributed by atoms with Crippen molar-refractivity contribution in [1.29, 1.82) is 0 Å².